The molecule has 1 saturated heterocycles. The van der Waals surface area contributed by atoms with Crippen molar-refractivity contribution in [2.45, 2.75) is 6.92 Å². The number of benzene rings is 1. The molecular weight excluding hydrogens is 318 g/mol. The lowest BCUT2D eigenvalue weighted by Crippen LogP contribution is -2.42. The number of carbonyl (C=O) groups is 1. The third-order valence-electron chi connectivity index (χ3n) is 4.33. The predicted molar refractivity (Wildman–Crippen MR) is 96.8 cm³/mol. The largest absolute Gasteiger partial charge is 0.379 e. The molecule has 6 heteroatoms. The molecular formula is C19H23N3O3. The van der Waals surface area contributed by atoms with E-state index in [1.807, 2.05) is 31.2 Å². The number of nitrogens with one attached hydrogen (secondary N) is 2. The Kier molecular flexibility index (Phi) is 5.63. The van der Waals surface area contributed by atoms with Crippen LogP contribution in [0.15, 0.2) is 41.2 Å². The van der Waals surface area contributed by atoms with Crippen molar-refractivity contribution < 1.29 is 9.53 Å². The maximum absolute atomic E-state index is 12.2. The van der Waals surface area contributed by atoms with Crippen molar-refractivity contribution >= 4 is 5.91 Å². The Morgan fingerprint density at radius 2 is 1.88 bits per heavy atom. The van der Waals surface area contributed by atoms with Crippen LogP contribution in [0.25, 0.3) is 11.3 Å². The maximum atomic E-state index is 12.2. The molecule has 2 aromatic rings. The second-order valence-electron chi connectivity index (χ2n) is 6.19. The Morgan fingerprint density at radius 1 is 1.16 bits per heavy atom. The maximum Gasteiger partial charge on any atom is 0.261 e. The molecule has 0 saturated carbocycles. The van der Waals surface area contributed by atoms with Crippen molar-refractivity contribution in [1.82, 2.24) is 15.2 Å². The molecule has 2 heterocycles. The van der Waals surface area contributed by atoms with Gasteiger partial charge in [-0.1, -0.05) is 29.8 Å². The lowest BCUT2D eigenvalue weighted by molar-refractivity contribution is 0.0383. The van der Waals surface area contributed by atoms with Crippen LogP contribution in [0, 0.1) is 6.92 Å². The molecule has 25 heavy (non-hydrogen) atoms. The zero-order valence-corrected chi connectivity index (χ0v) is 14.4. The van der Waals surface area contributed by atoms with Crippen LogP contribution in [0.5, 0.6) is 0 Å². The van der Waals surface area contributed by atoms with Crippen LogP contribution >= 0.6 is 0 Å². The monoisotopic (exact) mass is 341 g/mol. The SMILES string of the molecule is Cc1ccc(-c2ccc(C(=O)NCCN3CCOCC3)c(=O)[nH]2)cc1. The van der Waals surface area contributed by atoms with Crippen molar-refractivity contribution in [2.75, 3.05) is 39.4 Å². The summed E-state index contributed by atoms with van der Waals surface area (Å²) < 4.78 is 5.29. The minimum atomic E-state index is -0.373. The first kappa shape index (κ1) is 17.4. The van der Waals surface area contributed by atoms with Crippen molar-refractivity contribution in [3.8, 4) is 11.3 Å². The van der Waals surface area contributed by atoms with Crippen LogP contribution in [0.4, 0.5) is 0 Å². The predicted octanol–water partition coefficient (Wildman–Crippen LogP) is 1.41. The van der Waals surface area contributed by atoms with E-state index < -0.39 is 0 Å². The summed E-state index contributed by atoms with van der Waals surface area (Å²) in [5.74, 6) is -0.343. The first-order valence-corrected chi connectivity index (χ1v) is 8.52. The Morgan fingerprint density at radius 3 is 2.56 bits per heavy atom. The van der Waals surface area contributed by atoms with Crippen LogP contribution in [0.1, 0.15) is 15.9 Å². The summed E-state index contributed by atoms with van der Waals surface area (Å²) in [5.41, 5.74) is 2.54. The first-order valence-electron chi connectivity index (χ1n) is 8.52. The number of hydrogen-bond donors (Lipinski definition) is 2. The molecule has 0 radical (unpaired) electrons. The van der Waals surface area contributed by atoms with E-state index in [4.69, 9.17) is 4.74 Å². The zero-order valence-electron chi connectivity index (χ0n) is 14.4. The van der Waals surface area contributed by atoms with E-state index >= 15 is 0 Å². The summed E-state index contributed by atoms with van der Waals surface area (Å²) in [6, 6.07) is 11.2. The number of aryl methyl sites for hydroxylation is 1. The first-order chi connectivity index (χ1) is 12.1. The molecule has 1 fully saturated rings. The van der Waals surface area contributed by atoms with Gasteiger partial charge in [0.15, 0.2) is 0 Å². The summed E-state index contributed by atoms with van der Waals surface area (Å²) in [6.07, 6.45) is 0. The zero-order chi connectivity index (χ0) is 17.6. The number of H-pyrrole nitrogens is 1. The van der Waals surface area contributed by atoms with Crippen molar-refractivity contribution in [1.29, 1.82) is 0 Å². The number of hydrogen-bond acceptors (Lipinski definition) is 4. The second-order valence-corrected chi connectivity index (χ2v) is 6.19. The van der Waals surface area contributed by atoms with Crippen LogP contribution in [0.2, 0.25) is 0 Å². The number of amides is 1. The Bertz CT molecular complexity index is 777. The molecule has 1 aromatic heterocycles. The Labute approximate surface area is 146 Å². The molecule has 0 spiro atoms. The highest BCUT2D eigenvalue weighted by atomic mass is 16.5. The summed E-state index contributed by atoms with van der Waals surface area (Å²) in [7, 11) is 0. The summed E-state index contributed by atoms with van der Waals surface area (Å²) in [4.78, 5) is 29.5. The lowest BCUT2D eigenvalue weighted by Gasteiger charge is -2.26. The second kappa shape index (κ2) is 8.09. The third-order valence-corrected chi connectivity index (χ3v) is 4.33. The lowest BCUT2D eigenvalue weighted by atomic mass is 10.1. The highest BCUT2D eigenvalue weighted by molar-refractivity contribution is 5.94. The van der Waals surface area contributed by atoms with Gasteiger partial charge in [0, 0.05) is 31.9 Å². The minimum Gasteiger partial charge on any atom is -0.379 e. The number of rotatable bonds is 5. The number of morpholine rings is 1. The molecule has 0 aliphatic carbocycles. The van der Waals surface area contributed by atoms with E-state index in [9.17, 15) is 9.59 Å². The Hall–Kier alpha value is -2.44. The quantitative estimate of drug-likeness (QED) is 0.862. The molecule has 1 amide bonds. The van der Waals surface area contributed by atoms with Gasteiger partial charge in [0.25, 0.3) is 11.5 Å². The average Bonchev–Trinajstić information content (AvgIpc) is 2.63. The number of ether oxygens (including phenoxy) is 1. The highest BCUT2D eigenvalue weighted by Crippen LogP contribution is 2.16. The van der Waals surface area contributed by atoms with Gasteiger partial charge in [0.1, 0.15) is 5.56 Å². The fraction of sp³-hybridized carbons (Fsp3) is 0.368. The van der Waals surface area contributed by atoms with E-state index in [1.54, 1.807) is 12.1 Å². The highest BCUT2D eigenvalue weighted by Gasteiger charge is 2.13. The van der Waals surface area contributed by atoms with Gasteiger partial charge in [-0.05, 0) is 24.6 Å². The van der Waals surface area contributed by atoms with Gasteiger partial charge in [-0.25, -0.2) is 0 Å². The average molecular weight is 341 g/mol. The van der Waals surface area contributed by atoms with Crippen molar-refractivity contribution in [2.24, 2.45) is 0 Å². The molecule has 0 atom stereocenters. The molecule has 0 unspecified atom stereocenters. The number of aromatic amines is 1. The van der Waals surface area contributed by atoms with E-state index in [0.717, 1.165) is 44.0 Å². The Balaban J connectivity index is 1.61. The molecule has 1 aliphatic heterocycles. The summed E-state index contributed by atoms with van der Waals surface area (Å²) >= 11 is 0. The smallest absolute Gasteiger partial charge is 0.261 e. The van der Waals surface area contributed by atoms with Gasteiger partial charge in [0.2, 0.25) is 0 Å². The van der Waals surface area contributed by atoms with Crippen molar-refractivity contribution in [3.63, 3.8) is 0 Å². The van der Waals surface area contributed by atoms with Crippen LogP contribution in [-0.2, 0) is 4.74 Å². The summed E-state index contributed by atoms with van der Waals surface area (Å²) in [5, 5.41) is 2.81. The van der Waals surface area contributed by atoms with Gasteiger partial charge in [-0.3, -0.25) is 14.5 Å². The molecule has 132 valence electrons. The van der Waals surface area contributed by atoms with Gasteiger partial charge in [-0.15, -0.1) is 0 Å². The van der Waals surface area contributed by atoms with E-state index in [-0.39, 0.29) is 17.0 Å². The normalized spacial score (nSPS) is 15.1. The van der Waals surface area contributed by atoms with Crippen molar-refractivity contribution in [3.05, 3.63) is 57.9 Å². The van der Waals surface area contributed by atoms with Gasteiger partial charge in [0.05, 0.1) is 13.2 Å². The van der Waals surface area contributed by atoms with E-state index in [0.29, 0.717) is 12.2 Å². The number of pyridine rings is 1. The molecule has 2 N–H and O–H groups in total. The fourth-order valence-electron chi connectivity index (χ4n) is 2.80. The third kappa shape index (κ3) is 4.55. The van der Waals surface area contributed by atoms with Gasteiger partial charge in [-0.2, -0.15) is 0 Å². The van der Waals surface area contributed by atoms with E-state index in [2.05, 4.69) is 15.2 Å². The van der Waals surface area contributed by atoms with Gasteiger partial charge < -0.3 is 15.0 Å². The number of nitrogens with zero attached hydrogens (tertiary/aromatic N) is 1. The number of aromatic nitrogens is 1. The van der Waals surface area contributed by atoms with Gasteiger partial charge >= 0.3 is 0 Å². The molecule has 3 rings (SSSR count). The van der Waals surface area contributed by atoms with Crippen LogP contribution in [0.3, 0.4) is 0 Å². The molecule has 1 aliphatic rings. The molecule has 6 nitrogen and oxygen atoms in total. The fourth-order valence-corrected chi connectivity index (χ4v) is 2.80. The van der Waals surface area contributed by atoms with Crippen LogP contribution in [-0.4, -0.2) is 55.2 Å². The molecule has 1 aromatic carbocycles. The number of carbonyl (C=O) groups excluding carboxylic acids is 1. The minimum absolute atomic E-state index is 0.137. The molecule has 0 bridgehead atoms. The topological polar surface area (TPSA) is 74.4 Å². The standard InChI is InChI=1S/C19H23N3O3/c1-14-2-4-15(5-3-14)17-7-6-16(19(24)21-17)18(23)20-8-9-22-10-12-25-13-11-22/h2-7H,8-13H2,1H3,(H,20,23)(H,21,24). The summed E-state index contributed by atoms with van der Waals surface area (Å²) in [6.45, 7) is 6.49. The van der Waals surface area contributed by atoms with E-state index in [1.165, 1.54) is 0 Å². The van der Waals surface area contributed by atoms with Crippen LogP contribution < -0.4 is 10.9 Å².